The minimum atomic E-state index is 0.473. The molecule has 3 aromatic carbocycles. The van der Waals surface area contributed by atoms with Gasteiger partial charge in [0.05, 0.1) is 0 Å². The Morgan fingerprint density at radius 3 is 2.00 bits per heavy atom. The van der Waals surface area contributed by atoms with Crippen LogP contribution >= 0.6 is 0 Å². The van der Waals surface area contributed by atoms with Crippen molar-refractivity contribution in [1.82, 2.24) is 4.90 Å². The molecular formula is C26H29NSe. The van der Waals surface area contributed by atoms with E-state index in [-0.39, 0.29) is 0 Å². The van der Waals surface area contributed by atoms with Crippen LogP contribution in [0, 0.1) is 5.92 Å². The molecule has 0 aromatic heterocycles. The van der Waals surface area contributed by atoms with E-state index in [4.69, 9.17) is 0 Å². The second-order valence-electron chi connectivity index (χ2n) is 8.03. The van der Waals surface area contributed by atoms with Crippen LogP contribution in [0.1, 0.15) is 37.4 Å². The number of likely N-dealkylation sites (tertiary alicyclic amines) is 1. The minimum absolute atomic E-state index is 0.473. The van der Waals surface area contributed by atoms with Crippen LogP contribution in [0.15, 0.2) is 91.0 Å². The molecule has 1 fully saturated rings. The Morgan fingerprint density at radius 1 is 0.821 bits per heavy atom. The number of benzene rings is 3. The molecule has 144 valence electrons. The van der Waals surface area contributed by atoms with Crippen LogP contribution in [0.5, 0.6) is 0 Å². The van der Waals surface area contributed by atoms with Crippen LogP contribution in [0.4, 0.5) is 0 Å². The molecule has 1 aliphatic heterocycles. The van der Waals surface area contributed by atoms with Gasteiger partial charge < -0.3 is 0 Å². The van der Waals surface area contributed by atoms with Gasteiger partial charge in [0.25, 0.3) is 0 Å². The number of nitrogens with zero attached hydrogens (tertiary/aromatic N) is 1. The number of hydrogen-bond donors (Lipinski definition) is 0. The summed E-state index contributed by atoms with van der Waals surface area (Å²) in [7, 11) is 0. The molecule has 0 saturated carbocycles. The third-order valence-corrected chi connectivity index (χ3v) is 8.48. The van der Waals surface area contributed by atoms with E-state index in [1.165, 1.54) is 22.0 Å². The molecule has 1 nitrogen and oxygen atoms in total. The van der Waals surface area contributed by atoms with Gasteiger partial charge in [-0.1, -0.05) is 0 Å². The molecule has 0 amide bonds. The Labute approximate surface area is 175 Å². The quantitative estimate of drug-likeness (QED) is 0.465. The fourth-order valence-electron chi connectivity index (χ4n) is 4.43. The molecule has 0 bridgehead atoms. The van der Waals surface area contributed by atoms with Gasteiger partial charge in [-0.05, 0) is 0 Å². The van der Waals surface area contributed by atoms with Crippen LogP contribution in [0.2, 0.25) is 4.82 Å². The first kappa shape index (κ1) is 19.5. The molecule has 0 spiro atoms. The molecule has 0 unspecified atom stereocenters. The van der Waals surface area contributed by atoms with E-state index in [9.17, 15) is 0 Å². The fourth-order valence-corrected chi connectivity index (χ4v) is 7.37. The summed E-state index contributed by atoms with van der Waals surface area (Å²) in [6, 6.07) is 34.4. The third-order valence-electron chi connectivity index (χ3n) is 5.76. The molecule has 3 atom stereocenters. The van der Waals surface area contributed by atoms with Gasteiger partial charge in [0, 0.05) is 0 Å². The predicted molar refractivity (Wildman–Crippen MR) is 120 cm³/mol. The predicted octanol–water partition coefficient (Wildman–Crippen LogP) is 5.48. The van der Waals surface area contributed by atoms with Crippen molar-refractivity contribution < 1.29 is 0 Å². The molecule has 0 N–H and O–H groups in total. The molecule has 0 radical (unpaired) electrons. The van der Waals surface area contributed by atoms with E-state index in [0.29, 0.717) is 37.8 Å². The standard InChI is InChI=1S/C26H29NSe/c1-20(2)24-18-25(28-23-16-10-5-11-17-23)26(22-14-8-4-9-15-22)27(24)19-21-12-6-3-7-13-21/h3-17,20,24-26H,18-19H2,1-2H3/t24-,25-,26+/m0/s1. The van der Waals surface area contributed by atoms with Crippen molar-refractivity contribution in [3.63, 3.8) is 0 Å². The summed E-state index contributed by atoms with van der Waals surface area (Å²) in [6.07, 6.45) is 1.29. The van der Waals surface area contributed by atoms with Gasteiger partial charge in [0.1, 0.15) is 0 Å². The first-order valence-corrected chi connectivity index (χ1v) is 12.1. The van der Waals surface area contributed by atoms with E-state index in [1.54, 1.807) is 0 Å². The van der Waals surface area contributed by atoms with Gasteiger partial charge in [-0.3, -0.25) is 0 Å². The first-order chi connectivity index (χ1) is 13.7. The van der Waals surface area contributed by atoms with Crippen LogP contribution < -0.4 is 4.46 Å². The second-order valence-corrected chi connectivity index (χ2v) is 10.8. The van der Waals surface area contributed by atoms with E-state index < -0.39 is 0 Å². The molecular weight excluding hydrogens is 405 g/mol. The topological polar surface area (TPSA) is 3.24 Å². The zero-order chi connectivity index (χ0) is 19.3. The molecule has 1 aliphatic rings. The summed E-state index contributed by atoms with van der Waals surface area (Å²) >= 11 is 0.473. The van der Waals surface area contributed by atoms with Gasteiger partial charge in [-0.15, -0.1) is 0 Å². The Balaban J connectivity index is 1.69. The average Bonchev–Trinajstić information content (AvgIpc) is 3.08. The van der Waals surface area contributed by atoms with Crippen LogP contribution in [-0.2, 0) is 6.54 Å². The fraction of sp³-hybridized carbons (Fsp3) is 0.308. The van der Waals surface area contributed by atoms with Crippen molar-refractivity contribution >= 4 is 19.4 Å². The summed E-state index contributed by atoms with van der Waals surface area (Å²) < 4.78 is 1.52. The maximum atomic E-state index is 2.80. The normalized spacial score (nSPS) is 22.6. The van der Waals surface area contributed by atoms with Crippen molar-refractivity contribution in [1.29, 1.82) is 0 Å². The zero-order valence-corrected chi connectivity index (χ0v) is 18.5. The Kier molecular flexibility index (Phi) is 6.32. The van der Waals surface area contributed by atoms with Crippen molar-refractivity contribution in [2.75, 3.05) is 0 Å². The summed E-state index contributed by atoms with van der Waals surface area (Å²) in [5.41, 5.74) is 2.89. The number of hydrogen-bond acceptors (Lipinski definition) is 1. The van der Waals surface area contributed by atoms with Crippen molar-refractivity contribution in [2.45, 2.75) is 43.7 Å². The monoisotopic (exact) mass is 435 g/mol. The van der Waals surface area contributed by atoms with E-state index in [2.05, 4.69) is 110 Å². The third kappa shape index (κ3) is 4.41. The molecule has 4 rings (SSSR count). The second kappa shape index (κ2) is 9.09. The van der Waals surface area contributed by atoms with Gasteiger partial charge in [-0.25, -0.2) is 0 Å². The van der Waals surface area contributed by atoms with E-state index in [0.717, 1.165) is 6.54 Å². The summed E-state index contributed by atoms with van der Waals surface area (Å²) in [5, 5.41) is 0. The number of rotatable bonds is 6. The van der Waals surface area contributed by atoms with Gasteiger partial charge in [0.15, 0.2) is 0 Å². The first-order valence-electron chi connectivity index (χ1n) is 10.3. The van der Waals surface area contributed by atoms with Crippen LogP contribution in [-0.4, -0.2) is 25.9 Å². The van der Waals surface area contributed by atoms with Crippen molar-refractivity contribution in [3.8, 4) is 0 Å². The molecule has 0 aliphatic carbocycles. The molecule has 1 heterocycles. The molecule has 3 aromatic rings. The summed E-state index contributed by atoms with van der Waals surface area (Å²) in [4.78, 5) is 3.50. The van der Waals surface area contributed by atoms with Crippen molar-refractivity contribution in [2.24, 2.45) is 5.92 Å². The Hall–Kier alpha value is -1.86. The van der Waals surface area contributed by atoms with Crippen molar-refractivity contribution in [3.05, 3.63) is 102 Å². The summed E-state index contributed by atoms with van der Waals surface area (Å²) in [5.74, 6) is 0.659. The zero-order valence-electron chi connectivity index (χ0n) is 16.7. The molecule has 2 heteroatoms. The van der Waals surface area contributed by atoms with Gasteiger partial charge >= 0.3 is 176 Å². The van der Waals surface area contributed by atoms with E-state index >= 15 is 0 Å². The molecule has 1 saturated heterocycles. The van der Waals surface area contributed by atoms with Gasteiger partial charge in [0.2, 0.25) is 0 Å². The van der Waals surface area contributed by atoms with Gasteiger partial charge in [-0.2, -0.15) is 0 Å². The SMILES string of the molecule is CC(C)[C@@H]1C[C@H]([Se]c2ccccc2)[C@@H](c2ccccc2)N1Cc1ccccc1. The molecule has 28 heavy (non-hydrogen) atoms. The maximum absolute atomic E-state index is 2.80. The van der Waals surface area contributed by atoms with Crippen LogP contribution in [0.25, 0.3) is 0 Å². The average molecular weight is 434 g/mol. The summed E-state index contributed by atoms with van der Waals surface area (Å²) in [6.45, 7) is 5.82. The Morgan fingerprint density at radius 2 is 1.39 bits per heavy atom. The van der Waals surface area contributed by atoms with Crippen LogP contribution in [0.3, 0.4) is 0 Å². The van der Waals surface area contributed by atoms with E-state index in [1.807, 2.05) is 0 Å². The Bertz CT molecular complexity index is 847.